The van der Waals surface area contributed by atoms with Crippen molar-refractivity contribution in [1.82, 2.24) is 5.32 Å². The third-order valence-corrected chi connectivity index (χ3v) is 6.06. The summed E-state index contributed by atoms with van der Waals surface area (Å²) in [5, 5.41) is 5.22. The fraction of sp³-hybridized carbons (Fsp3) is 0.143. The maximum Gasteiger partial charge on any atom is 0.335 e. The van der Waals surface area contributed by atoms with Crippen molar-refractivity contribution in [3.63, 3.8) is 0 Å². The molecule has 0 radical (unpaired) electrons. The van der Waals surface area contributed by atoms with E-state index < -0.39 is 30.4 Å². The van der Waals surface area contributed by atoms with E-state index in [4.69, 9.17) is 37.4 Å². The van der Waals surface area contributed by atoms with Gasteiger partial charge in [0.1, 0.15) is 11.3 Å². The van der Waals surface area contributed by atoms with Gasteiger partial charge >= 0.3 is 6.03 Å². The SMILES string of the molecule is CCOc1cc(/C=C2\C(=O)NC(=O)N(c3cccc(Cl)c3)C2=O)cc(Cl)c1OCC(=O)Nc1ccccc1OC. The zero-order chi connectivity index (χ0) is 28.8. The third-order valence-electron chi connectivity index (χ3n) is 5.54. The summed E-state index contributed by atoms with van der Waals surface area (Å²) in [5.74, 6) is -1.44. The van der Waals surface area contributed by atoms with E-state index in [0.717, 1.165) is 4.90 Å². The van der Waals surface area contributed by atoms with Crippen LogP contribution in [0.1, 0.15) is 12.5 Å². The lowest BCUT2D eigenvalue weighted by molar-refractivity contribution is -0.122. The van der Waals surface area contributed by atoms with Crippen LogP contribution in [0.25, 0.3) is 6.08 Å². The first-order valence-electron chi connectivity index (χ1n) is 11.9. The van der Waals surface area contributed by atoms with Crippen LogP contribution in [0.3, 0.4) is 0 Å². The number of imide groups is 2. The van der Waals surface area contributed by atoms with Gasteiger partial charge in [-0.05, 0) is 61.0 Å². The first-order chi connectivity index (χ1) is 19.2. The Morgan fingerprint density at radius 3 is 2.50 bits per heavy atom. The topological polar surface area (TPSA) is 123 Å². The number of nitrogens with one attached hydrogen (secondary N) is 2. The molecule has 10 nitrogen and oxygen atoms in total. The fourth-order valence-corrected chi connectivity index (χ4v) is 4.28. The van der Waals surface area contributed by atoms with E-state index >= 15 is 0 Å². The van der Waals surface area contributed by atoms with Crippen LogP contribution >= 0.6 is 23.2 Å². The Balaban J connectivity index is 1.58. The Morgan fingerprint density at radius 1 is 1.00 bits per heavy atom. The van der Waals surface area contributed by atoms with Gasteiger partial charge in [-0.1, -0.05) is 41.4 Å². The van der Waals surface area contributed by atoms with Crippen LogP contribution in [0.15, 0.2) is 66.2 Å². The van der Waals surface area contributed by atoms with Crippen LogP contribution in [0.5, 0.6) is 17.2 Å². The second kappa shape index (κ2) is 12.5. The highest BCUT2D eigenvalue weighted by atomic mass is 35.5. The minimum absolute atomic E-state index is 0.0642. The molecule has 40 heavy (non-hydrogen) atoms. The molecule has 1 aliphatic rings. The number of hydrogen-bond acceptors (Lipinski definition) is 7. The number of hydrogen-bond donors (Lipinski definition) is 2. The number of carbonyl (C=O) groups is 4. The molecule has 1 fully saturated rings. The fourth-order valence-electron chi connectivity index (χ4n) is 3.82. The van der Waals surface area contributed by atoms with Crippen molar-refractivity contribution in [3.05, 3.63) is 81.8 Å². The van der Waals surface area contributed by atoms with Crippen LogP contribution in [-0.2, 0) is 14.4 Å². The average molecular weight is 584 g/mol. The highest BCUT2D eigenvalue weighted by Gasteiger charge is 2.37. The minimum Gasteiger partial charge on any atom is -0.495 e. The molecule has 12 heteroatoms. The molecule has 0 atom stereocenters. The standard InChI is InChI=1S/C28H23Cl2N3O7/c1-3-39-23-13-16(11-19-26(35)32-28(37)33(27(19)36)18-8-6-7-17(29)14-18)12-20(30)25(23)40-15-24(34)31-21-9-4-5-10-22(21)38-2/h4-14H,3,15H2,1-2H3,(H,31,34)(H,32,35,37)/b19-11+. The molecule has 0 bridgehead atoms. The van der Waals surface area contributed by atoms with Crippen LogP contribution < -0.4 is 29.7 Å². The van der Waals surface area contributed by atoms with E-state index in [2.05, 4.69) is 10.6 Å². The molecular formula is C28H23Cl2N3O7. The number of carbonyl (C=O) groups excluding carboxylic acids is 4. The van der Waals surface area contributed by atoms with Crippen LogP contribution in [0.4, 0.5) is 16.2 Å². The number of ether oxygens (including phenoxy) is 3. The predicted octanol–water partition coefficient (Wildman–Crippen LogP) is 5.08. The smallest absolute Gasteiger partial charge is 0.335 e. The van der Waals surface area contributed by atoms with E-state index in [1.54, 1.807) is 43.3 Å². The van der Waals surface area contributed by atoms with Gasteiger partial charge in [-0.25, -0.2) is 9.69 Å². The molecule has 4 rings (SSSR count). The molecule has 2 N–H and O–H groups in total. The summed E-state index contributed by atoms with van der Waals surface area (Å²) in [6.45, 7) is 1.58. The van der Waals surface area contributed by atoms with Crippen molar-refractivity contribution in [3.8, 4) is 17.2 Å². The average Bonchev–Trinajstić information content (AvgIpc) is 2.91. The molecule has 0 aliphatic carbocycles. The van der Waals surface area contributed by atoms with Gasteiger partial charge in [-0.3, -0.25) is 19.7 Å². The summed E-state index contributed by atoms with van der Waals surface area (Å²) in [7, 11) is 1.49. The Labute approximate surface area is 239 Å². The Hall–Kier alpha value is -4.54. The minimum atomic E-state index is -0.905. The molecule has 0 unspecified atom stereocenters. The number of urea groups is 1. The zero-order valence-electron chi connectivity index (χ0n) is 21.3. The molecule has 1 saturated heterocycles. The zero-order valence-corrected chi connectivity index (χ0v) is 22.8. The summed E-state index contributed by atoms with van der Waals surface area (Å²) in [6.07, 6.45) is 1.27. The van der Waals surface area contributed by atoms with Gasteiger partial charge in [-0.15, -0.1) is 0 Å². The number of barbiturate groups is 1. The normalized spacial score (nSPS) is 14.2. The van der Waals surface area contributed by atoms with E-state index in [1.807, 2.05) is 0 Å². The quantitative estimate of drug-likeness (QED) is 0.266. The maximum atomic E-state index is 13.2. The Bertz CT molecular complexity index is 1520. The Kier molecular flexibility index (Phi) is 8.93. The van der Waals surface area contributed by atoms with Crippen molar-refractivity contribution in [1.29, 1.82) is 0 Å². The van der Waals surface area contributed by atoms with Crippen molar-refractivity contribution in [2.24, 2.45) is 0 Å². The molecule has 1 aliphatic heterocycles. The first-order valence-corrected chi connectivity index (χ1v) is 12.7. The third kappa shape index (κ3) is 6.36. The highest BCUT2D eigenvalue weighted by Crippen LogP contribution is 2.38. The lowest BCUT2D eigenvalue weighted by Crippen LogP contribution is -2.54. The number of methoxy groups -OCH3 is 1. The van der Waals surface area contributed by atoms with Gasteiger partial charge in [0.15, 0.2) is 18.1 Å². The van der Waals surface area contributed by atoms with E-state index in [0.29, 0.717) is 22.0 Å². The van der Waals surface area contributed by atoms with Gasteiger partial charge in [0.25, 0.3) is 17.7 Å². The second-order valence-corrected chi connectivity index (χ2v) is 9.08. The number of para-hydroxylation sites is 2. The molecule has 0 saturated carbocycles. The number of benzene rings is 3. The first kappa shape index (κ1) is 28.5. The molecule has 0 aromatic heterocycles. The van der Waals surface area contributed by atoms with E-state index in [9.17, 15) is 19.2 Å². The number of rotatable bonds is 9. The molecular weight excluding hydrogens is 561 g/mol. The van der Waals surface area contributed by atoms with E-state index in [-0.39, 0.29) is 34.4 Å². The van der Waals surface area contributed by atoms with Crippen LogP contribution in [0.2, 0.25) is 10.0 Å². The molecule has 3 aromatic carbocycles. The molecule has 0 spiro atoms. The molecule has 1 heterocycles. The molecule has 5 amide bonds. The largest absolute Gasteiger partial charge is 0.495 e. The van der Waals surface area contributed by atoms with Crippen molar-refractivity contribution in [2.45, 2.75) is 6.92 Å². The number of amides is 5. The van der Waals surface area contributed by atoms with E-state index in [1.165, 1.54) is 37.5 Å². The number of halogens is 2. The summed E-state index contributed by atoms with van der Waals surface area (Å²) < 4.78 is 16.6. The highest BCUT2D eigenvalue weighted by molar-refractivity contribution is 6.39. The van der Waals surface area contributed by atoms with Gasteiger partial charge in [-0.2, -0.15) is 0 Å². The number of anilines is 2. The summed E-state index contributed by atoms with van der Waals surface area (Å²) >= 11 is 12.5. The summed E-state index contributed by atoms with van der Waals surface area (Å²) in [6, 6.07) is 15.0. The van der Waals surface area contributed by atoms with Crippen molar-refractivity contribution >= 4 is 64.4 Å². The van der Waals surface area contributed by atoms with Crippen LogP contribution in [-0.4, -0.2) is 44.1 Å². The van der Waals surface area contributed by atoms with Gasteiger partial charge < -0.3 is 19.5 Å². The second-order valence-electron chi connectivity index (χ2n) is 8.24. The monoisotopic (exact) mass is 583 g/mol. The van der Waals surface area contributed by atoms with Gasteiger partial charge in [0, 0.05) is 5.02 Å². The molecule has 206 valence electrons. The Morgan fingerprint density at radius 2 is 1.77 bits per heavy atom. The van der Waals surface area contributed by atoms with Gasteiger partial charge in [0.05, 0.1) is 30.1 Å². The summed E-state index contributed by atoms with van der Waals surface area (Å²) in [4.78, 5) is 51.5. The summed E-state index contributed by atoms with van der Waals surface area (Å²) in [5.41, 5.74) is 0.662. The van der Waals surface area contributed by atoms with Crippen LogP contribution in [0, 0.1) is 0 Å². The van der Waals surface area contributed by atoms with Crippen molar-refractivity contribution in [2.75, 3.05) is 30.5 Å². The predicted molar refractivity (Wildman–Crippen MR) is 150 cm³/mol. The number of nitrogens with zero attached hydrogens (tertiary/aromatic N) is 1. The maximum absolute atomic E-state index is 13.2. The molecule has 3 aromatic rings. The van der Waals surface area contributed by atoms with Crippen molar-refractivity contribution < 1.29 is 33.4 Å². The van der Waals surface area contributed by atoms with Gasteiger partial charge in [0.2, 0.25) is 0 Å². The lowest BCUT2D eigenvalue weighted by Gasteiger charge is -2.26. The lowest BCUT2D eigenvalue weighted by atomic mass is 10.1.